The second-order valence-electron chi connectivity index (χ2n) is 5.28. The molecule has 0 saturated carbocycles. The predicted molar refractivity (Wildman–Crippen MR) is 96.6 cm³/mol. The van der Waals surface area contributed by atoms with Gasteiger partial charge in [0, 0.05) is 11.8 Å². The molecule has 3 aromatic carbocycles. The number of nitrogens with one attached hydrogen (secondary N) is 1. The maximum atomic E-state index is 12.2. The maximum absolute atomic E-state index is 12.2. The largest absolute Gasteiger partial charge is 0.466 e. The van der Waals surface area contributed by atoms with E-state index in [1.807, 2.05) is 54.6 Å². The van der Waals surface area contributed by atoms with Crippen LogP contribution in [0.2, 0.25) is 0 Å². The zero-order valence-electron chi connectivity index (χ0n) is 13.5. The van der Waals surface area contributed by atoms with Crippen molar-refractivity contribution in [2.45, 2.75) is 6.23 Å². The highest BCUT2D eigenvalue weighted by molar-refractivity contribution is 5.94. The van der Waals surface area contributed by atoms with Crippen LogP contribution in [0.4, 0.5) is 5.69 Å². The first-order valence-electron chi connectivity index (χ1n) is 7.82. The Morgan fingerprint density at radius 1 is 0.800 bits per heavy atom. The van der Waals surface area contributed by atoms with Crippen molar-refractivity contribution in [3.8, 4) is 17.2 Å². The standard InChI is InChI=1S/C20H18N2O3/c21-19(25-17-11-5-2-6-12-17)20(23)22-15-8-7-13-18(14-15)24-16-9-3-1-4-10-16/h1-14,19H,21H2,(H,22,23). The molecular weight excluding hydrogens is 316 g/mol. The molecule has 1 amide bonds. The summed E-state index contributed by atoms with van der Waals surface area (Å²) in [6.07, 6.45) is -1.11. The molecular formula is C20H18N2O3. The summed E-state index contributed by atoms with van der Waals surface area (Å²) in [5, 5.41) is 2.72. The Balaban J connectivity index is 1.62. The highest BCUT2D eigenvalue weighted by atomic mass is 16.5. The van der Waals surface area contributed by atoms with Crippen molar-refractivity contribution < 1.29 is 14.3 Å². The van der Waals surface area contributed by atoms with Gasteiger partial charge in [0.1, 0.15) is 17.2 Å². The van der Waals surface area contributed by atoms with E-state index < -0.39 is 12.1 Å². The molecule has 0 heterocycles. The minimum atomic E-state index is -1.11. The van der Waals surface area contributed by atoms with Crippen LogP contribution < -0.4 is 20.5 Å². The van der Waals surface area contributed by atoms with Gasteiger partial charge in [-0.25, -0.2) is 0 Å². The van der Waals surface area contributed by atoms with Crippen LogP contribution in [0.1, 0.15) is 0 Å². The quantitative estimate of drug-likeness (QED) is 0.673. The van der Waals surface area contributed by atoms with Gasteiger partial charge in [0.15, 0.2) is 0 Å². The average Bonchev–Trinajstić information content (AvgIpc) is 2.63. The summed E-state index contributed by atoms with van der Waals surface area (Å²) in [6, 6.07) is 25.4. The van der Waals surface area contributed by atoms with E-state index in [-0.39, 0.29) is 0 Å². The summed E-state index contributed by atoms with van der Waals surface area (Å²) in [5.41, 5.74) is 6.37. The molecule has 126 valence electrons. The molecule has 0 aliphatic rings. The Morgan fingerprint density at radius 3 is 2.08 bits per heavy atom. The predicted octanol–water partition coefficient (Wildman–Crippen LogP) is 3.78. The van der Waals surface area contributed by atoms with Gasteiger partial charge in [0.05, 0.1) is 0 Å². The Labute approximate surface area is 146 Å². The second kappa shape index (κ2) is 7.99. The number of carbonyl (C=O) groups excluding carboxylic acids is 1. The van der Waals surface area contributed by atoms with E-state index in [0.717, 1.165) is 5.75 Å². The van der Waals surface area contributed by atoms with E-state index >= 15 is 0 Å². The van der Waals surface area contributed by atoms with Crippen LogP contribution in [0.15, 0.2) is 84.9 Å². The minimum absolute atomic E-state index is 0.444. The van der Waals surface area contributed by atoms with E-state index in [1.165, 1.54) is 0 Å². The molecule has 0 saturated heterocycles. The monoisotopic (exact) mass is 334 g/mol. The van der Waals surface area contributed by atoms with Crippen LogP contribution in [-0.2, 0) is 4.79 Å². The van der Waals surface area contributed by atoms with Crippen molar-refractivity contribution in [2.24, 2.45) is 5.73 Å². The van der Waals surface area contributed by atoms with Gasteiger partial charge in [0.25, 0.3) is 5.91 Å². The fraction of sp³-hybridized carbons (Fsp3) is 0.0500. The van der Waals surface area contributed by atoms with Gasteiger partial charge in [-0.05, 0) is 36.4 Å². The summed E-state index contributed by atoms with van der Waals surface area (Å²) in [5.74, 6) is 1.42. The lowest BCUT2D eigenvalue weighted by Gasteiger charge is -2.15. The Kier molecular flexibility index (Phi) is 5.29. The molecule has 3 N–H and O–H groups in total. The zero-order chi connectivity index (χ0) is 17.5. The van der Waals surface area contributed by atoms with Gasteiger partial charge in [-0.15, -0.1) is 0 Å². The third-order valence-electron chi connectivity index (χ3n) is 3.35. The first kappa shape index (κ1) is 16.5. The summed E-state index contributed by atoms with van der Waals surface area (Å²) in [6.45, 7) is 0. The van der Waals surface area contributed by atoms with Gasteiger partial charge in [-0.1, -0.05) is 42.5 Å². The summed E-state index contributed by atoms with van der Waals surface area (Å²) in [7, 11) is 0. The van der Waals surface area contributed by atoms with Crippen LogP contribution in [0, 0.1) is 0 Å². The minimum Gasteiger partial charge on any atom is -0.466 e. The number of carbonyl (C=O) groups is 1. The maximum Gasteiger partial charge on any atom is 0.280 e. The van der Waals surface area contributed by atoms with E-state index in [4.69, 9.17) is 15.2 Å². The van der Waals surface area contributed by atoms with Gasteiger partial charge in [-0.3, -0.25) is 10.5 Å². The lowest BCUT2D eigenvalue weighted by atomic mass is 10.3. The molecule has 3 rings (SSSR count). The number of nitrogens with two attached hydrogens (primary N) is 1. The highest BCUT2D eigenvalue weighted by Crippen LogP contribution is 2.24. The van der Waals surface area contributed by atoms with Gasteiger partial charge >= 0.3 is 0 Å². The van der Waals surface area contributed by atoms with Crippen molar-refractivity contribution in [1.82, 2.24) is 0 Å². The third kappa shape index (κ3) is 4.83. The van der Waals surface area contributed by atoms with Crippen molar-refractivity contribution in [2.75, 3.05) is 5.32 Å². The molecule has 3 aromatic rings. The Bertz CT molecular complexity index is 823. The zero-order valence-corrected chi connectivity index (χ0v) is 13.5. The topological polar surface area (TPSA) is 73.6 Å². The number of para-hydroxylation sites is 2. The number of benzene rings is 3. The molecule has 0 bridgehead atoms. The third-order valence-corrected chi connectivity index (χ3v) is 3.35. The number of ether oxygens (including phenoxy) is 2. The van der Waals surface area contributed by atoms with Crippen LogP contribution >= 0.6 is 0 Å². The molecule has 0 aromatic heterocycles. The van der Waals surface area contributed by atoms with E-state index in [0.29, 0.717) is 17.2 Å². The SMILES string of the molecule is NC(Oc1ccccc1)C(=O)Nc1cccc(Oc2ccccc2)c1. The fourth-order valence-electron chi connectivity index (χ4n) is 2.17. The van der Waals surface area contributed by atoms with Gasteiger partial charge in [0.2, 0.25) is 6.23 Å². The van der Waals surface area contributed by atoms with Crippen LogP contribution in [-0.4, -0.2) is 12.1 Å². The smallest absolute Gasteiger partial charge is 0.280 e. The average molecular weight is 334 g/mol. The number of hydrogen-bond acceptors (Lipinski definition) is 4. The molecule has 0 spiro atoms. The fourth-order valence-corrected chi connectivity index (χ4v) is 2.17. The van der Waals surface area contributed by atoms with Gasteiger partial charge < -0.3 is 14.8 Å². The van der Waals surface area contributed by atoms with E-state index in [2.05, 4.69) is 5.32 Å². The number of hydrogen-bond donors (Lipinski definition) is 2. The summed E-state index contributed by atoms with van der Waals surface area (Å²) < 4.78 is 11.2. The van der Waals surface area contributed by atoms with Gasteiger partial charge in [-0.2, -0.15) is 0 Å². The highest BCUT2D eigenvalue weighted by Gasteiger charge is 2.15. The van der Waals surface area contributed by atoms with E-state index in [1.54, 1.807) is 30.3 Å². The molecule has 5 nitrogen and oxygen atoms in total. The number of amides is 1. The molecule has 25 heavy (non-hydrogen) atoms. The van der Waals surface area contributed by atoms with E-state index in [9.17, 15) is 4.79 Å². The number of rotatable bonds is 6. The lowest BCUT2D eigenvalue weighted by Crippen LogP contribution is -2.40. The summed E-state index contributed by atoms with van der Waals surface area (Å²) in [4.78, 5) is 12.2. The van der Waals surface area contributed by atoms with Crippen LogP contribution in [0.25, 0.3) is 0 Å². The molecule has 5 heteroatoms. The Hall–Kier alpha value is -3.31. The lowest BCUT2D eigenvalue weighted by molar-refractivity contribution is -0.122. The molecule has 0 aliphatic carbocycles. The first-order chi connectivity index (χ1) is 12.2. The molecule has 0 radical (unpaired) electrons. The summed E-state index contributed by atoms with van der Waals surface area (Å²) >= 11 is 0. The molecule has 1 unspecified atom stereocenters. The van der Waals surface area contributed by atoms with Crippen molar-refractivity contribution in [1.29, 1.82) is 0 Å². The molecule has 0 fully saturated rings. The van der Waals surface area contributed by atoms with Crippen LogP contribution in [0.3, 0.4) is 0 Å². The van der Waals surface area contributed by atoms with Crippen molar-refractivity contribution in [3.05, 3.63) is 84.9 Å². The van der Waals surface area contributed by atoms with Crippen LogP contribution in [0.5, 0.6) is 17.2 Å². The molecule has 0 aliphatic heterocycles. The Morgan fingerprint density at radius 2 is 1.40 bits per heavy atom. The number of anilines is 1. The molecule has 1 atom stereocenters. The van der Waals surface area contributed by atoms with Crippen molar-refractivity contribution in [3.63, 3.8) is 0 Å². The van der Waals surface area contributed by atoms with Crippen molar-refractivity contribution >= 4 is 11.6 Å². The second-order valence-corrected chi connectivity index (χ2v) is 5.28. The normalized spacial score (nSPS) is 11.4. The first-order valence-corrected chi connectivity index (χ1v) is 7.82.